The first kappa shape index (κ1) is 17.6. The Hall–Kier alpha value is -1.79. The highest BCUT2D eigenvalue weighted by Gasteiger charge is 2.16. The number of rotatable bonds is 7. The van der Waals surface area contributed by atoms with Gasteiger partial charge in [-0.3, -0.25) is 9.69 Å². The van der Waals surface area contributed by atoms with Gasteiger partial charge in [-0.05, 0) is 31.2 Å². The van der Waals surface area contributed by atoms with Crippen molar-refractivity contribution in [3.63, 3.8) is 0 Å². The third-order valence-corrected chi connectivity index (χ3v) is 4.15. The van der Waals surface area contributed by atoms with Crippen molar-refractivity contribution in [3.8, 4) is 11.5 Å². The largest absolute Gasteiger partial charge is 0.493 e. The number of methoxy groups -OCH3 is 2. The molecule has 1 amide bonds. The van der Waals surface area contributed by atoms with Gasteiger partial charge in [0.1, 0.15) is 0 Å². The fraction of sp³-hybridized carbons (Fsp3) is 0.588. The number of amides is 1. The number of nitrogens with one attached hydrogen (secondary N) is 1. The second kappa shape index (κ2) is 8.74. The van der Waals surface area contributed by atoms with Gasteiger partial charge in [-0.25, -0.2) is 0 Å². The highest BCUT2D eigenvalue weighted by molar-refractivity contribution is 5.78. The van der Waals surface area contributed by atoms with Gasteiger partial charge in [0.2, 0.25) is 5.91 Å². The molecule has 128 valence electrons. The molecule has 2 rings (SSSR count). The first-order valence-electron chi connectivity index (χ1n) is 8.01. The molecule has 1 saturated heterocycles. The fourth-order valence-corrected chi connectivity index (χ4v) is 2.65. The van der Waals surface area contributed by atoms with Crippen molar-refractivity contribution in [2.24, 2.45) is 0 Å². The van der Waals surface area contributed by atoms with Gasteiger partial charge in [0.15, 0.2) is 11.5 Å². The summed E-state index contributed by atoms with van der Waals surface area (Å²) in [6.07, 6.45) is 0.773. The van der Waals surface area contributed by atoms with Gasteiger partial charge in [-0.15, -0.1) is 0 Å². The van der Waals surface area contributed by atoms with Crippen molar-refractivity contribution in [3.05, 3.63) is 23.8 Å². The molecule has 0 atom stereocenters. The van der Waals surface area contributed by atoms with Crippen LogP contribution in [0.5, 0.6) is 11.5 Å². The van der Waals surface area contributed by atoms with E-state index in [2.05, 4.69) is 22.2 Å². The maximum absolute atomic E-state index is 12.0. The van der Waals surface area contributed by atoms with Gasteiger partial charge in [0.05, 0.1) is 20.8 Å². The summed E-state index contributed by atoms with van der Waals surface area (Å²) in [6.45, 7) is 5.08. The molecule has 23 heavy (non-hydrogen) atoms. The van der Waals surface area contributed by atoms with E-state index < -0.39 is 0 Å². The summed E-state index contributed by atoms with van der Waals surface area (Å²) < 4.78 is 10.5. The lowest BCUT2D eigenvalue weighted by Crippen LogP contribution is -2.48. The summed E-state index contributed by atoms with van der Waals surface area (Å²) in [5.41, 5.74) is 1.11. The van der Waals surface area contributed by atoms with Gasteiger partial charge in [-0.2, -0.15) is 0 Å². The van der Waals surface area contributed by atoms with Crippen molar-refractivity contribution >= 4 is 5.91 Å². The predicted molar refractivity (Wildman–Crippen MR) is 90.2 cm³/mol. The second-order valence-electron chi connectivity index (χ2n) is 5.87. The van der Waals surface area contributed by atoms with Gasteiger partial charge in [0, 0.05) is 32.7 Å². The average Bonchev–Trinajstić information content (AvgIpc) is 2.56. The zero-order valence-electron chi connectivity index (χ0n) is 14.3. The summed E-state index contributed by atoms with van der Waals surface area (Å²) >= 11 is 0. The fourth-order valence-electron chi connectivity index (χ4n) is 2.65. The van der Waals surface area contributed by atoms with E-state index in [0.717, 1.165) is 43.9 Å². The van der Waals surface area contributed by atoms with Crippen LogP contribution in [0.15, 0.2) is 18.2 Å². The SMILES string of the molecule is COc1ccc(CCNC(=O)CN2CCN(C)CC2)cc1OC. The molecule has 0 saturated carbocycles. The van der Waals surface area contributed by atoms with Crippen LogP contribution in [0.3, 0.4) is 0 Å². The smallest absolute Gasteiger partial charge is 0.234 e. The van der Waals surface area contributed by atoms with Crippen molar-refractivity contribution in [2.75, 3.05) is 60.5 Å². The van der Waals surface area contributed by atoms with Gasteiger partial charge in [-0.1, -0.05) is 6.07 Å². The Morgan fingerprint density at radius 3 is 2.48 bits per heavy atom. The van der Waals surface area contributed by atoms with Crippen LogP contribution in [0, 0.1) is 0 Å². The van der Waals surface area contributed by atoms with Crippen LogP contribution in [-0.4, -0.2) is 76.2 Å². The van der Waals surface area contributed by atoms with Crippen LogP contribution in [-0.2, 0) is 11.2 Å². The van der Waals surface area contributed by atoms with E-state index in [1.807, 2.05) is 18.2 Å². The molecule has 1 heterocycles. The molecule has 1 aliphatic rings. The topological polar surface area (TPSA) is 54.0 Å². The Kier molecular flexibility index (Phi) is 6.67. The number of carbonyl (C=O) groups is 1. The highest BCUT2D eigenvalue weighted by atomic mass is 16.5. The maximum Gasteiger partial charge on any atom is 0.234 e. The molecule has 1 fully saturated rings. The van der Waals surface area contributed by atoms with E-state index in [-0.39, 0.29) is 5.91 Å². The average molecular weight is 321 g/mol. The maximum atomic E-state index is 12.0. The first-order chi connectivity index (χ1) is 11.1. The Morgan fingerprint density at radius 1 is 1.13 bits per heavy atom. The van der Waals surface area contributed by atoms with Crippen molar-refractivity contribution in [1.82, 2.24) is 15.1 Å². The minimum atomic E-state index is 0.0926. The second-order valence-corrected chi connectivity index (χ2v) is 5.87. The molecule has 1 aliphatic heterocycles. The van der Waals surface area contributed by atoms with Crippen molar-refractivity contribution in [1.29, 1.82) is 0 Å². The van der Waals surface area contributed by atoms with Gasteiger partial charge < -0.3 is 19.7 Å². The number of piperazine rings is 1. The van der Waals surface area contributed by atoms with E-state index in [1.54, 1.807) is 14.2 Å². The minimum Gasteiger partial charge on any atom is -0.493 e. The highest BCUT2D eigenvalue weighted by Crippen LogP contribution is 2.27. The van der Waals surface area contributed by atoms with Crippen molar-refractivity contribution < 1.29 is 14.3 Å². The van der Waals surface area contributed by atoms with E-state index in [1.165, 1.54) is 0 Å². The normalized spacial score (nSPS) is 16.1. The van der Waals surface area contributed by atoms with Crippen LogP contribution in [0.4, 0.5) is 0 Å². The van der Waals surface area contributed by atoms with Crippen LogP contribution >= 0.6 is 0 Å². The van der Waals surface area contributed by atoms with Gasteiger partial charge >= 0.3 is 0 Å². The zero-order chi connectivity index (χ0) is 16.7. The van der Waals surface area contributed by atoms with E-state index >= 15 is 0 Å². The van der Waals surface area contributed by atoms with E-state index in [9.17, 15) is 4.79 Å². The first-order valence-corrected chi connectivity index (χ1v) is 8.01. The summed E-state index contributed by atoms with van der Waals surface area (Å²) in [7, 11) is 5.36. The summed E-state index contributed by atoms with van der Waals surface area (Å²) in [5.74, 6) is 1.53. The minimum absolute atomic E-state index is 0.0926. The van der Waals surface area contributed by atoms with Crippen LogP contribution in [0.25, 0.3) is 0 Å². The molecule has 0 bridgehead atoms. The van der Waals surface area contributed by atoms with Crippen LogP contribution in [0.1, 0.15) is 5.56 Å². The summed E-state index contributed by atoms with van der Waals surface area (Å²) in [4.78, 5) is 16.5. The Morgan fingerprint density at radius 2 is 1.83 bits per heavy atom. The number of carbonyl (C=O) groups excluding carboxylic acids is 1. The standard InChI is InChI=1S/C17H27N3O3/c1-19-8-10-20(11-9-19)13-17(21)18-7-6-14-4-5-15(22-2)16(12-14)23-3/h4-5,12H,6-11,13H2,1-3H3,(H,18,21). The molecule has 0 unspecified atom stereocenters. The quantitative estimate of drug-likeness (QED) is 0.797. The predicted octanol–water partition coefficient (Wildman–Crippen LogP) is 0.610. The molecule has 0 radical (unpaired) electrons. The number of benzene rings is 1. The number of hydrogen-bond acceptors (Lipinski definition) is 5. The monoisotopic (exact) mass is 321 g/mol. The number of hydrogen-bond donors (Lipinski definition) is 1. The lowest BCUT2D eigenvalue weighted by Gasteiger charge is -2.31. The lowest BCUT2D eigenvalue weighted by atomic mass is 10.1. The van der Waals surface area contributed by atoms with Crippen molar-refractivity contribution in [2.45, 2.75) is 6.42 Å². The third kappa shape index (κ3) is 5.41. The molecule has 1 aromatic carbocycles. The molecule has 0 aromatic heterocycles. The number of ether oxygens (including phenoxy) is 2. The number of likely N-dealkylation sites (N-methyl/N-ethyl adjacent to an activating group) is 1. The third-order valence-electron chi connectivity index (χ3n) is 4.15. The molecular weight excluding hydrogens is 294 g/mol. The van der Waals surface area contributed by atoms with E-state index in [0.29, 0.717) is 18.8 Å². The Bertz CT molecular complexity index is 514. The number of nitrogens with zero attached hydrogens (tertiary/aromatic N) is 2. The summed E-state index contributed by atoms with van der Waals surface area (Å²) in [6, 6.07) is 5.83. The lowest BCUT2D eigenvalue weighted by molar-refractivity contribution is -0.122. The molecule has 0 spiro atoms. The summed E-state index contributed by atoms with van der Waals surface area (Å²) in [5, 5.41) is 2.99. The molecule has 1 aromatic rings. The van der Waals surface area contributed by atoms with E-state index in [4.69, 9.17) is 9.47 Å². The zero-order valence-corrected chi connectivity index (χ0v) is 14.3. The van der Waals surface area contributed by atoms with Gasteiger partial charge in [0.25, 0.3) is 0 Å². The Labute approximate surface area is 138 Å². The molecule has 0 aliphatic carbocycles. The molecule has 6 nitrogen and oxygen atoms in total. The van der Waals surface area contributed by atoms with Crippen LogP contribution in [0.2, 0.25) is 0 Å². The Balaban J connectivity index is 1.73. The molecule has 1 N–H and O–H groups in total. The molecule has 6 heteroatoms. The van der Waals surface area contributed by atoms with Crippen LogP contribution < -0.4 is 14.8 Å². The molecular formula is C17H27N3O3.